The van der Waals surface area contributed by atoms with E-state index in [1.165, 1.54) is 12.5 Å². The molecule has 2 rings (SSSR count). The second kappa shape index (κ2) is 6.89. The van der Waals surface area contributed by atoms with Crippen LogP contribution < -0.4 is 5.73 Å². The summed E-state index contributed by atoms with van der Waals surface area (Å²) >= 11 is 0. The number of benzene rings is 1. The summed E-state index contributed by atoms with van der Waals surface area (Å²) in [4.78, 5) is 2.50. The lowest BCUT2D eigenvalue weighted by atomic mass is 9.82. The molecule has 21 heavy (non-hydrogen) atoms. The Kier molecular flexibility index (Phi) is 5.39. The van der Waals surface area contributed by atoms with Gasteiger partial charge in [-0.25, -0.2) is 4.39 Å². The van der Waals surface area contributed by atoms with E-state index < -0.39 is 0 Å². The minimum Gasteiger partial charge on any atom is -0.326 e. The summed E-state index contributed by atoms with van der Waals surface area (Å²) in [6.07, 6.45) is 2.15. The average molecular weight is 292 g/mol. The molecule has 0 aliphatic carbocycles. The highest BCUT2D eigenvalue weighted by molar-refractivity contribution is 5.22. The fourth-order valence-corrected chi connectivity index (χ4v) is 3.72. The molecule has 0 spiro atoms. The Morgan fingerprint density at radius 1 is 1.33 bits per heavy atom. The molecule has 1 saturated heterocycles. The summed E-state index contributed by atoms with van der Waals surface area (Å²) in [7, 11) is 0. The van der Waals surface area contributed by atoms with Crippen LogP contribution in [-0.4, -0.2) is 23.5 Å². The lowest BCUT2D eigenvalue weighted by Crippen LogP contribution is -2.52. The number of nitrogens with two attached hydrogens (primary N) is 1. The summed E-state index contributed by atoms with van der Waals surface area (Å²) in [5, 5.41) is 0. The quantitative estimate of drug-likeness (QED) is 0.910. The molecule has 1 aliphatic heterocycles. The lowest BCUT2D eigenvalue weighted by molar-refractivity contribution is 0.0286. The van der Waals surface area contributed by atoms with Crippen LogP contribution in [-0.2, 0) is 0 Å². The molecule has 1 heterocycles. The van der Waals surface area contributed by atoms with E-state index in [1.54, 1.807) is 12.1 Å². The van der Waals surface area contributed by atoms with Crippen molar-refractivity contribution in [1.82, 2.24) is 4.90 Å². The SMILES string of the molecule is CCC(N)C(c1cccc(F)c1)N1CC(C)CC(C)C1C. The largest absolute Gasteiger partial charge is 0.326 e. The first kappa shape index (κ1) is 16.4. The second-order valence-electron chi connectivity index (χ2n) is 6.83. The minimum atomic E-state index is -0.174. The van der Waals surface area contributed by atoms with Gasteiger partial charge in [0.15, 0.2) is 0 Å². The van der Waals surface area contributed by atoms with Gasteiger partial charge in [-0.3, -0.25) is 4.90 Å². The van der Waals surface area contributed by atoms with Crippen molar-refractivity contribution in [3.63, 3.8) is 0 Å². The number of likely N-dealkylation sites (tertiary alicyclic amines) is 1. The van der Waals surface area contributed by atoms with Gasteiger partial charge >= 0.3 is 0 Å². The van der Waals surface area contributed by atoms with Crippen LogP contribution >= 0.6 is 0 Å². The van der Waals surface area contributed by atoms with Crippen LogP contribution in [0.1, 0.15) is 52.1 Å². The fourth-order valence-electron chi connectivity index (χ4n) is 3.72. The zero-order valence-electron chi connectivity index (χ0n) is 13.7. The molecule has 118 valence electrons. The fraction of sp³-hybridized carbons (Fsp3) is 0.667. The van der Waals surface area contributed by atoms with Gasteiger partial charge in [0.1, 0.15) is 5.82 Å². The monoisotopic (exact) mass is 292 g/mol. The third-order valence-corrected chi connectivity index (χ3v) is 5.07. The van der Waals surface area contributed by atoms with Crippen LogP contribution in [0.3, 0.4) is 0 Å². The van der Waals surface area contributed by atoms with E-state index in [1.807, 2.05) is 6.07 Å². The number of nitrogens with zero attached hydrogens (tertiary/aromatic N) is 1. The second-order valence-corrected chi connectivity index (χ2v) is 6.83. The Morgan fingerprint density at radius 3 is 2.67 bits per heavy atom. The van der Waals surface area contributed by atoms with Crippen molar-refractivity contribution in [2.45, 2.75) is 58.7 Å². The Hall–Kier alpha value is -0.930. The Labute approximate surface area is 128 Å². The van der Waals surface area contributed by atoms with Gasteiger partial charge in [-0.15, -0.1) is 0 Å². The molecule has 1 aromatic rings. The summed E-state index contributed by atoms with van der Waals surface area (Å²) < 4.78 is 13.7. The highest BCUT2D eigenvalue weighted by atomic mass is 19.1. The Morgan fingerprint density at radius 2 is 2.05 bits per heavy atom. The van der Waals surface area contributed by atoms with Crippen molar-refractivity contribution in [2.24, 2.45) is 17.6 Å². The van der Waals surface area contributed by atoms with E-state index in [4.69, 9.17) is 5.73 Å². The van der Waals surface area contributed by atoms with Gasteiger partial charge in [0, 0.05) is 18.6 Å². The minimum absolute atomic E-state index is 0.0340. The summed E-state index contributed by atoms with van der Waals surface area (Å²) in [6.45, 7) is 10.0. The number of hydrogen-bond acceptors (Lipinski definition) is 2. The average Bonchev–Trinajstić information content (AvgIpc) is 2.44. The van der Waals surface area contributed by atoms with Gasteiger partial charge in [-0.2, -0.15) is 0 Å². The molecule has 0 saturated carbocycles. The molecule has 2 nitrogen and oxygen atoms in total. The first-order chi connectivity index (χ1) is 9.93. The standard InChI is InChI=1S/C18H29FN2/c1-5-17(20)18(15-7-6-8-16(19)10-15)21-11-12(2)9-13(3)14(21)4/h6-8,10,12-14,17-18H,5,9,11,20H2,1-4H3. The van der Waals surface area contributed by atoms with Crippen molar-refractivity contribution >= 4 is 0 Å². The smallest absolute Gasteiger partial charge is 0.123 e. The molecule has 1 fully saturated rings. The summed E-state index contributed by atoms with van der Waals surface area (Å²) in [5.41, 5.74) is 7.43. The molecule has 1 aliphatic rings. The van der Waals surface area contributed by atoms with E-state index in [-0.39, 0.29) is 17.9 Å². The van der Waals surface area contributed by atoms with Gasteiger partial charge in [0.25, 0.3) is 0 Å². The van der Waals surface area contributed by atoms with Crippen molar-refractivity contribution in [2.75, 3.05) is 6.54 Å². The maximum absolute atomic E-state index is 13.7. The summed E-state index contributed by atoms with van der Waals surface area (Å²) in [6, 6.07) is 7.58. The summed E-state index contributed by atoms with van der Waals surface area (Å²) in [5.74, 6) is 1.14. The van der Waals surface area contributed by atoms with Crippen LogP contribution in [0.15, 0.2) is 24.3 Å². The third-order valence-electron chi connectivity index (χ3n) is 5.07. The Balaban J connectivity index is 2.35. The highest BCUT2D eigenvalue weighted by Gasteiger charge is 2.36. The van der Waals surface area contributed by atoms with Gasteiger partial charge in [-0.1, -0.05) is 32.9 Å². The normalized spacial score (nSPS) is 30.1. The highest BCUT2D eigenvalue weighted by Crippen LogP contribution is 2.35. The van der Waals surface area contributed by atoms with E-state index in [2.05, 4.69) is 32.6 Å². The number of halogens is 1. The van der Waals surface area contributed by atoms with Crippen LogP contribution in [0.5, 0.6) is 0 Å². The van der Waals surface area contributed by atoms with Crippen molar-refractivity contribution in [3.05, 3.63) is 35.6 Å². The van der Waals surface area contributed by atoms with Gasteiger partial charge < -0.3 is 5.73 Å². The number of piperidine rings is 1. The zero-order chi connectivity index (χ0) is 15.6. The predicted octanol–water partition coefficient (Wildman–Crippen LogP) is 3.97. The van der Waals surface area contributed by atoms with Crippen LogP contribution in [0.4, 0.5) is 4.39 Å². The molecule has 5 unspecified atom stereocenters. The molecule has 0 aromatic heterocycles. The molecule has 0 bridgehead atoms. The van der Waals surface area contributed by atoms with Crippen LogP contribution in [0.2, 0.25) is 0 Å². The van der Waals surface area contributed by atoms with E-state index in [0.29, 0.717) is 17.9 Å². The van der Waals surface area contributed by atoms with Crippen molar-refractivity contribution in [1.29, 1.82) is 0 Å². The third kappa shape index (κ3) is 3.64. The predicted molar refractivity (Wildman–Crippen MR) is 86.5 cm³/mol. The van der Waals surface area contributed by atoms with Gasteiger partial charge in [0.05, 0.1) is 6.04 Å². The first-order valence-corrected chi connectivity index (χ1v) is 8.20. The van der Waals surface area contributed by atoms with Gasteiger partial charge in [0.2, 0.25) is 0 Å². The van der Waals surface area contributed by atoms with Gasteiger partial charge in [-0.05, 0) is 49.3 Å². The van der Waals surface area contributed by atoms with E-state index in [0.717, 1.165) is 18.5 Å². The molecule has 5 atom stereocenters. The lowest BCUT2D eigenvalue weighted by Gasteiger charge is -2.47. The first-order valence-electron chi connectivity index (χ1n) is 8.20. The van der Waals surface area contributed by atoms with Crippen molar-refractivity contribution in [3.8, 4) is 0 Å². The molecule has 0 radical (unpaired) electrons. The van der Waals surface area contributed by atoms with E-state index in [9.17, 15) is 4.39 Å². The zero-order valence-corrected chi connectivity index (χ0v) is 13.7. The maximum atomic E-state index is 13.7. The molecule has 3 heteroatoms. The molecule has 2 N–H and O–H groups in total. The van der Waals surface area contributed by atoms with Crippen molar-refractivity contribution < 1.29 is 4.39 Å². The molecule has 1 aromatic carbocycles. The topological polar surface area (TPSA) is 29.3 Å². The van der Waals surface area contributed by atoms with E-state index >= 15 is 0 Å². The molecular formula is C18H29FN2. The molecule has 0 amide bonds. The Bertz CT molecular complexity index is 462. The molecular weight excluding hydrogens is 263 g/mol. The maximum Gasteiger partial charge on any atom is 0.123 e. The number of hydrogen-bond donors (Lipinski definition) is 1. The van der Waals surface area contributed by atoms with Crippen LogP contribution in [0, 0.1) is 17.7 Å². The van der Waals surface area contributed by atoms with Crippen LogP contribution in [0.25, 0.3) is 0 Å². The number of rotatable bonds is 4.